The smallest absolute Gasteiger partial charge is 0.171 e. The number of pyridine rings is 2. The fraction of sp³-hybridized carbons (Fsp3) is 0.138. The van der Waals surface area contributed by atoms with Gasteiger partial charge in [0.05, 0.1) is 0 Å². The molecule has 2 heterocycles. The molecule has 184 valence electrons. The Morgan fingerprint density at radius 3 is 1.29 bits per heavy atom. The second kappa shape index (κ2) is 21.4. The maximum Gasteiger partial charge on any atom is -0.171 e. The number of nitrogens with zero attached hydrogens (tertiary/aromatic N) is 2. The topological polar surface area (TPSA) is 25.8 Å². The number of aromatic nitrogens is 2. The van der Waals surface area contributed by atoms with E-state index in [0.717, 1.165) is 12.8 Å². The molecule has 0 amide bonds. The molecule has 0 atom stereocenters. The Morgan fingerprint density at radius 2 is 1.06 bits per heavy atom. The summed E-state index contributed by atoms with van der Waals surface area (Å²) in [7, 11) is 0. The summed E-state index contributed by atoms with van der Waals surface area (Å²) in [5.74, 6) is 0. The zero-order valence-electron chi connectivity index (χ0n) is 20.5. The summed E-state index contributed by atoms with van der Waals surface area (Å²) >= 11 is 1.58. The predicted octanol–water partition coefficient (Wildman–Crippen LogP) is 7.10. The van der Waals surface area contributed by atoms with Gasteiger partial charge in [-0.15, -0.1) is 48.1 Å². The molecule has 0 unspecified atom stereocenters. The number of halogens is 2. The Kier molecular flexibility index (Phi) is 21.6. The average Bonchev–Trinajstić information content (AvgIpc) is 3.51. The van der Waals surface area contributed by atoms with E-state index in [1.54, 1.807) is 23.3 Å². The number of benzene rings is 1. The van der Waals surface area contributed by atoms with Crippen LogP contribution in [0.1, 0.15) is 37.8 Å². The van der Waals surface area contributed by atoms with Crippen LogP contribution in [0.2, 0.25) is 0 Å². The van der Waals surface area contributed by atoms with Crippen molar-refractivity contribution in [3.05, 3.63) is 139 Å². The quantitative estimate of drug-likeness (QED) is 0.232. The van der Waals surface area contributed by atoms with Crippen LogP contribution in [-0.2, 0) is 23.3 Å². The predicted molar refractivity (Wildman–Crippen MR) is 153 cm³/mol. The maximum atomic E-state index is 3.98. The summed E-state index contributed by atoms with van der Waals surface area (Å²) in [5, 5.41) is 0. The van der Waals surface area contributed by atoms with Gasteiger partial charge in [0.1, 0.15) is 0 Å². The molecule has 0 N–H and O–H groups in total. The molecule has 0 fully saturated rings. The fourth-order valence-corrected chi connectivity index (χ4v) is 3.13. The van der Waals surface area contributed by atoms with Gasteiger partial charge in [-0.1, -0.05) is 51.0 Å². The van der Waals surface area contributed by atoms with Crippen molar-refractivity contribution < 1.29 is 23.3 Å². The third-order valence-electron chi connectivity index (χ3n) is 4.71. The van der Waals surface area contributed by atoms with Gasteiger partial charge in [-0.05, 0) is 0 Å². The van der Waals surface area contributed by atoms with Crippen molar-refractivity contribution in [2.24, 2.45) is 0 Å². The largest absolute Gasteiger partial charge is 0.184 e. The van der Waals surface area contributed by atoms with E-state index in [1.165, 1.54) is 33.4 Å². The minimum absolute atomic E-state index is 0. The van der Waals surface area contributed by atoms with Crippen molar-refractivity contribution in [2.75, 3.05) is 0 Å². The molecular formula is C29H32Cl2N2SiZr-4. The molecule has 6 heteroatoms. The summed E-state index contributed by atoms with van der Waals surface area (Å²) in [5.41, 5.74) is 7.55. The summed E-state index contributed by atoms with van der Waals surface area (Å²) < 4.78 is 0. The van der Waals surface area contributed by atoms with E-state index >= 15 is 0 Å². The molecular weight excluding hydrogens is 567 g/mol. The molecule has 35 heavy (non-hydrogen) atoms. The Labute approximate surface area is 240 Å². The number of allylic oxidation sites excluding steroid dienone is 8. The average molecular weight is 599 g/mol. The van der Waals surface area contributed by atoms with Crippen LogP contribution in [0.25, 0.3) is 11.1 Å². The van der Waals surface area contributed by atoms with E-state index in [1.807, 2.05) is 86.3 Å². The summed E-state index contributed by atoms with van der Waals surface area (Å²) in [6, 6.07) is 20.6. The summed E-state index contributed by atoms with van der Waals surface area (Å²) in [4.78, 5) is 7.96. The van der Waals surface area contributed by atoms with Crippen LogP contribution in [0.3, 0.4) is 0 Å². The molecule has 0 spiro atoms. The zero-order valence-corrected chi connectivity index (χ0v) is 26.0. The zero-order chi connectivity index (χ0) is 23.0. The number of hydrogen-bond acceptors (Lipinski definition) is 2. The van der Waals surface area contributed by atoms with Gasteiger partial charge in [0.15, 0.2) is 0 Å². The number of hydrogen-bond donors (Lipinski definition) is 0. The Balaban J connectivity index is 0. The minimum Gasteiger partial charge on any atom is -0.184 e. The first kappa shape index (κ1) is 35.3. The van der Waals surface area contributed by atoms with Crippen LogP contribution < -0.4 is 0 Å². The second-order valence-corrected chi connectivity index (χ2v) is 6.84. The molecule has 2 aliphatic rings. The first-order valence-electron chi connectivity index (χ1n) is 10.4. The van der Waals surface area contributed by atoms with Crippen molar-refractivity contribution in [1.29, 1.82) is 0 Å². The monoisotopic (exact) mass is 596 g/mol. The summed E-state index contributed by atoms with van der Waals surface area (Å²) in [6.45, 7) is 6.19. The van der Waals surface area contributed by atoms with Gasteiger partial charge in [-0.3, -0.25) is 9.97 Å². The Bertz CT molecular complexity index is 969. The normalized spacial score (nSPS) is 12.3. The molecule has 2 aliphatic carbocycles. The van der Waals surface area contributed by atoms with Gasteiger partial charge in [-0.2, -0.15) is 70.8 Å². The molecule has 1 aromatic carbocycles. The third kappa shape index (κ3) is 12.6. The maximum absolute atomic E-state index is 3.98. The second-order valence-electron chi connectivity index (χ2n) is 6.84. The van der Waals surface area contributed by atoms with Crippen LogP contribution in [0, 0.1) is 25.6 Å². The van der Waals surface area contributed by atoms with Gasteiger partial charge in [-0.25, -0.2) is 0 Å². The van der Waals surface area contributed by atoms with Crippen molar-refractivity contribution in [2.45, 2.75) is 26.7 Å². The SMILES string of the molecule is CC1=CC[C-]=C1c1ccncc1.CC1=CC[C-]=C1c1ccncc1.Cl.Cl.[CH3-].[SiH2]=[Zr].[c-]1ccccc1. The molecule has 0 saturated heterocycles. The fourth-order valence-electron chi connectivity index (χ4n) is 3.13. The van der Waals surface area contributed by atoms with Gasteiger partial charge < -0.3 is 7.43 Å². The van der Waals surface area contributed by atoms with Gasteiger partial charge in [0, 0.05) is 24.8 Å². The van der Waals surface area contributed by atoms with Crippen LogP contribution in [-0.4, -0.2) is 16.8 Å². The van der Waals surface area contributed by atoms with E-state index in [4.69, 9.17) is 0 Å². The summed E-state index contributed by atoms with van der Waals surface area (Å²) in [6.07, 6.45) is 20.2. The molecule has 3 aromatic rings. The molecule has 2 aromatic heterocycles. The molecule has 2 nitrogen and oxygen atoms in total. The minimum atomic E-state index is 0. The van der Waals surface area contributed by atoms with E-state index in [2.05, 4.69) is 54.2 Å². The van der Waals surface area contributed by atoms with Crippen LogP contribution in [0.5, 0.6) is 0 Å². The standard InChI is InChI=1S/2C11H10N.C6H5.CH3.2ClH.H2Si.Zr/c2*1-9-3-2-4-11(9)10-5-7-12-8-6-10;1-2-4-6-5-3-1;;;;;/h2*3,5-8H,2H2,1H3;1-5H;1H3;2*1H;1H2;/q4*-1;;;;. The number of rotatable bonds is 2. The first-order chi connectivity index (χ1) is 15.8. The molecule has 0 aliphatic heterocycles. The van der Waals surface area contributed by atoms with Gasteiger partial charge in [0.2, 0.25) is 0 Å². The van der Waals surface area contributed by atoms with E-state index < -0.39 is 0 Å². The Morgan fingerprint density at radius 1 is 0.686 bits per heavy atom. The van der Waals surface area contributed by atoms with Crippen molar-refractivity contribution in [3.8, 4) is 0 Å². The van der Waals surface area contributed by atoms with Crippen molar-refractivity contribution in [1.82, 2.24) is 9.97 Å². The molecule has 0 bridgehead atoms. The van der Waals surface area contributed by atoms with Gasteiger partial charge >= 0.3 is 30.2 Å². The third-order valence-corrected chi connectivity index (χ3v) is 4.71. The van der Waals surface area contributed by atoms with E-state index in [-0.39, 0.29) is 32.2 Å². The first-order valence-corrected chi connectivity index (χ1v) is 16.3. The Hall–Kier alpha value is -1.84. The van der Waals surface area contributed by atoms with Crippen molar-refractivity contribution >= 4 is 42.8 Å². The van der Waals surface area contributed by atoms with E-state index in [9.17, 15) is 0 Å². The van der Waals surface area contributed by atoms with Crippen LogP contribution in [0.15, 0.2) is 103 Å². The van der Waals surface area contributed by atoms with Gasteiger partial charge in [0.25, 0.3) is 0 Å². The molecule has 0 radical (unpaired) electrons. The molecule has 0 saturated carbocycles. The molecule has 5 rings (SSSR count). The van der Waals surface area contributed by atoms with Crippen LogP contribution in [0.4, 0.5) is 0 Å². The van der Waals surface area contributed by atoms with E-state index in [0.29, 0.717) is 0 Å². The van der Waals surface area contributed by atoms with Crippen LogP contribution >= 0.6 is 24.8 Å². The van der Waals surface area contributed by atoms with Crippen molar-refractivity contribution in [3.63, 3.8) is 0 Å².